The fourth-order valence-corrected chi connectivity index (χ4v) is 3.68. The summed E-state index contributed by atoms with van der Waals surface area (Å²) in [6, 6.07) is 5.30. The van der Waals surface area contributed by atoms with Gasteiger partial charge in [-0.3, -0.25) is 0 Å². The summed E-state index contributed by atoms with van der Waals surface area (Å²) in [5.41, 5.74) is -0.631. The molecule has 1 aliphatic carbocycles. The van der Waals surface area contributed by atoms with E-state index in [1.54, 1.807) is 6.07 Å². The van der Waals surface area contributed by atoms with E-state index < -0.39 is 17.8 Å². The molecule has 1 aromatic rings. The van der Waals surface area contributed by atoms with Crippen LogP contribution in [0.25, 0.3) is 0 Å². The Labute approximate surface area is 124 Å². The minimum Gasteiger partial charge on any atom is -0.465 e. The normalized spacial score (nSPS) is 22.8. The number of hydrogen-bond acceptors (Lipinski definition) is 2. The highest BCUT2D eigenvalue weighted by Crippen LogP contribution is 2.36. The van der Waals surface area contributed by atoms with Crippen LogP contribution >= 0.6 is 11.8 Å². The lowest BCUT2D eigenvalue weighted by Gasteiger charge is -2.28. The molecule has 1 aromatic carbocycles. The van der Waals surface area contributed by atoms with E-state index in [0.29, 0.717) is 4.90 Å². The molecular weight excluding hydrogens is 303 g/mol. The van der Waals surface area contributed by atoms with Crippen LogP contribution in [-0.4, -0.2) is 22.5 Å². The van der Waals surface area contributed by atoms with Gasteiger partial charge in [-0.05, 0) is 43.9 Å². The van der Waals surface area contributed by atoms with Gasteiger partial charge in [0.2, 0.25) is 0 Å². The van der Waals surface area contributed by atoms with E-state index >= 15 is 0 Å². The second-order valence-corrected chi connectivity index (χ2v) is 6.44. The molecule has 0 atom stereocenters. The zero-order valence-corrected chi connectivity index (χ0v) is 12.0. The molecule has 7 heteroatoms. The van der Waals surface area contributed by atoms with Crippen LogP contribution < -0.4 is 5.32 Å². The Balaban J connectivity index is 1.90. The van der Waals surface area contributed by atoms with Crippen molar-refractivity contribution in [3.8, 4) is 0 Å². The second-order valence-electron chi connectivity index (χ2n) is 5.07. The molecule has 2 N–H and O–H groups in total. The van der Waals surface area contributed by atoms with Gasteiger partial charge in [0.1, 0.15) is 0 Å². The van der Waals surface area contributed by atoms with Crippen molar-refractivity contribution in [1.29, 1.82) is 0 Å². The Morgan fingerprint density at radius 1 is 1.24 bits per heavy atom. The molecular formula is C14H16F3NO2S. The first-order valence-corrected chi connectivity index (χ1v) is 7.56. The SMILES string of the molecule is O=C(O)N[C@H]1CC[C@@H](Sc2cccc(C(F)(F)F)c2)CC1. The van der Waals surface area contributed by atoms with E-state index in [4.69, 9.17) is 5.11 Å². The molecule has 0 bridgehead atoms. The van der Waals surface area contributed by atoms with Gasteiger partial charge in [-0.25, -0.2) is 4.79 Å². The van der Waals surface area contributed by atoms with Crippen molar-refractivity contribution in [3.05, 3.63) is 29.8 Å². The van der Waals surface area contributed by atoms with Gasteiger partial charge < -0.3 is 10.4 Å². The third kappa shape index (κ3) is 4.84. The Hall–Kier alpha value is -1.37. The summed E-state index contributed by atoms with van der Waals surface area (Å²) in [6.45, 7) is 0. The monoisotopic (exact) mass is 319 g/mol. The van der Waals surface area contributed by atoms with Crippen molar-refractivity contribution in [2.24, 2.45) is 0 Å². The summed E-state index contributed by atoms with van der Waals surface area (Å²) in [5, 5.41) is 11.3. The van der Waals surface area contributed by atoms with Crippen LogP contribution in [0.4, 0.5) is 18.0 Å². The predicted octanol–water partition coefficient (Wildman–Crippen LogP) is 4.38. The molecule has 0 radical (unpaired) electrons. The van der Waals surface area contributed by atoms with Crippen LogP contribution in [0.5, 0.6) is 0 Å². The molecule has 1 amide bonds. The van der Waals surface area contributed by atoms with Gasteiger partial charge in [-0.1, -0.05) is 6.07 Å². The number of amides is 1. The van der Waals surface area contributed by atoms with Crippen LogP contribution in [0.3, 0.4) is 0 Å². The van der Waals surface area contributed by atoms with Gasteiger partial charge in [0, 0.05) is 16.2 Å². The summed E-state index contributed by atoms with van der Waals surface area (Å²) in [7, 11) is 0. The molecule has 3 nitrogen and oxygen atoms in total. The first-order valence-electron chi connectivity index (χ1n) is 6.68. The smallest absolute Gasteiger partial charge is 0.416 e. The average Bonchev–Trinajstić information content (AvgIpc) is 2.40. The van der Waals surface area contributed by atoms with Gasteiger partial charge in [-0.2, -0.15) is 13.2 Å². The largest absolute Gasteiger partial charge is 0.465 e. The maximum absolute atomic E-state index is 12.6. The molecule has 0 unspecified atom stereocenters. The maximum atomic E-state index is 12.6. The van der Waals surface area contributed by atoms with Crippen molar-refractivity contribution in [2.75, 3.05) is 0 Å². The van der Waals surface area contributed by atoms with E-state index in [1.165, 1.54) is 23.9 Å². The molecule has 116 valence electrons. The quantitative estimate of drug-likeness (QED) is 0.869. The van der Waals surface area contributed by atoms with Crippen LogP contribution in [0, 0.1) is 0 Å². The predicted molar refractivity (Wildman–Crippen MR) is 74.5 cm³/mol. The van der Waals surface area contributed by atoms with Crippen molar-refractivity contribution < 1.29 is 23.1 Å². The number of halogens is 3. The fraction of sp³-hybridized carbons (Fsp3) is 0.500. The van der Waals surface area contributed by atoms with Crippen molar-refractivity contribution >= 4 is 17.9 Å². The lowest BCUT2D eigenvalue weighted by molar-refractivity contribution is -0.137. The fourth-order valence-electron chi connectivity index (χ4n) is 2.44. The Kier molecular flexibility index (Phi) is 5.03. The first-order chi connectivity index (χ1) is 9.84. The van der Waals surface area contributed by atoms with Crippen LogP contribution in [-0.2, 0) is 6.18 Å². The minimum atomic E-state index is -4.32. The van der Waals surface area contributed by atoms with Gasteiger partial charge in [-0.15, -0.1) is 11.8 Å². The summed E-state index contributed by atoms with van der Waals surface area (Å²) in [6.07, 6.45) is -2.30. The van der Waals surface area contributed by atoms with E-state index in [2.05, 4.69) is 5.32 Å². The highest BCUT2D eigenvalue weighted by Gasteiger charge is 2.31. The molecule has 0 saturated heterocycles. The number of rotatable bonds is 3. The summed E-state index contributed by atoms with van der Waals surface area (Å²) in [5.74, 6) is 0. The van der Waals surface area contributed by atoms with Crippen LogP contribution in [0.2, 0.25) is 0 Å². The van der Waals surface area contributed by atoms with Crippen LogP contribution in [0.1, 0.15) is 31.2 Å². The van der Waals surface area contributed by atoms with Gasteiger partial charge >= 0.3 is 12.3 Å². The number of thioether (sulfide) groups is 1. The van der Waals surface area contributed by atoms with Crippen molar-refractivity contribution in [1.82, 2.24) is 5.32 Å². The summed E-state index contributed by atoms with van der Waals surface area (Å²) >= 11 is 1.44. The van der Waals surface area contributed by atoms with Crippen molar-refractivity contribution in [2.45, 2.75) is 48.0 Å². The molecule has 1 saturated carbocycles. The van der Waals surface area contributed by atoms with E-state index in [9.17, 15) is 18.0 Å². The number of nitrogens with one attached hydrogen (secondary N) is 1. The summed E-state index contributed by atoms with van der Waals surface area (Å²) < 4.78 is 37.9. The van der Waals surface area contributed by atoms with Crippen molar-refractivity contribution in [3.63, 3.8) is 0 Å². The van der Waals surface area contributed by atoms with Gasteiger partial charge in [0.05, 0.1) is 5.56 Å². The molecule has 2 rings (SSSR count). The first kappa shape index (κ1) is 16.0. The molecule has 0 aliphatic heterocycles. The number of carbonyl (C=O) groups is 1. The highest BCUT2D eigenvalue weighted by molar-refractivity contribution is 8.00. The third-order valence-electron chi connectivity index (χ3n) is 3.47. The molecule has 21 heavy (non-hydrogen) atoms. The maximum Gasteiger partial charge on any atom is 0.416 e. The topological polar surface area (TPSA) is 49.3 Å². The van der Waals surface area contributed by atoms with E-state index in [0.717, 1.165) is 31.7 Å². The van der Waals surface area contributed by atoms with E-state index in [-0.39, 0.29) is 11.3 Å². The second kappa shape index (κ2) is 6.60. The molecule has 0 spiro atoms. The zero-order valence-electron chi connectivity index (χ0n) is 11.2. The zero-order chi connectivity index (χ0) is 15.5. The standard InChI is InChI=1S/C14H16F3NO2S/c15-14(16,17)9-2-1-3-12(8-9)21-11-6-4-10(5-7-11)18-13(19)20/h1-3,8,10-11,18H,4-7H2,(H,19,20)/t10-,11+. The van der Waals surface area contributed by atoms with Gasteiger partial charge in [0.15, 0.2) is 0 Å². The lowest BCUT2D eigenvalue weighted by Crippen LogP contribution is -2.37. The third-order valence-corrected chi connectivity index (χ3v) is 4.80. The number of alkyl halides is 3. The molecule has 1 aliphatic rings. The summed E-state index contributed by atoms with van der Waals surface area (Å²) in [4.78, 5) is 11.2. The molecule has 1 fully saturated rings. The van der Waals surface area contributed by atoms with Crippen LogP contribution in [0.15, 0.2) is 29.2 Å². The number of benzene rings is 1. The molecule has 0 aromatic heterocycles. The Morgan fingerprint density at radius 2 is 1.90 bits per heavy atom. The average molecular weight is 319 g/mol. The number of hydrogen-bond donors (Lipinski definition) is 2. The Morgan fingerprint density at radius 3 is 2.48 bits per heavy atom. The minimum absolute atomic E-state index is 0.0409. The lowest BCUT2D eigenvalue weighted by atomic mass is 9.95. The van der Waals surface area contributed by atoms with E-state index in [1.807, 2.05) is 0 Å². The Bertz CT molecular complexity index is 499. The number of carboxylic acid groups (broad SMARTS) is 1. The molecule has 0 heterocycles. The van der Waals surface area contributed by atoms with Gasteiger partial charge in [0.25, 0.3) is 0 Å². The highest BCUT2D eigenvalue weighted by atomic mass is 32.2.